The van der Waals surface area contributed by atoms with E-state index in [1.54, 1.807) is 0 Å². The molecule has 5 heteroatoms. The van der Waals surface area contributed by atoms with E-state index in [9.17, 15) is 4.79 Å². The van der Waals surface area contributed by atoms with Gasteiger partial charge < -0.3 is 0 Å². The first kappa shape index (κ1) is 15.0. The normalized spacial score (nSPS) is 24.2. The number of esters is 1. The van der Waals surface area contributed by atoms with Gasteiger partial charge in [-0.2, -0.15) is 0 Å². The third-order valence-electron chi connectivity index (χ3n) is 4.08. The summed E-state index contributed by atoms with van der Waals surface area (Å²) in [5, 5.41) is 0. The standard InChI is InChI=1S/C13H13O4.3CH3.Sn/c1-8-10(6-15-13(8)14)4-9-2-3-11-12(5-9)17-7-16-11;;;;/h2-3,5,8,10H,1,4,6-7H2;3*1H3;/t8-,10+;;;;/m0..../s1. The molecule has 2 aliphatic heterocycles. The van der Waals surface area contributed by atoms with Crippen LogP contribution >= 0.6 is 0 Å². The third kappa shape index (κ3) is 3.47. The van der Waals surface area contributed by atoms with Gasteiger partial charge >= 0.3 is 130 Å². The Kier molecular flexibility index (Phi) is 4.08. The molecule has 0 unspecified atom stereocenters. The van der Waals surface area contributed by atoms with Crippen LogP contribution in [0.2, 0.25) is 19.3 Å². The monoisotopic (exact) mass is 398 g/mol. The summed E-state index contributed by atoms with van der Waals surface area (Å²) >= 11 is -2.01. The SMILES string of the molecule is [CH3][Sn]([CH3])([CH3])[CH2][C@@H]1C(=O)OC[C@H]1Cc1ccc2c(c1)OCO2. The summed E-state index contributed by atoms with van der Waals surface area (Å²) in [5.74, 6) is 2.01. The Morgan fingerprint density at radius 2 is 1.90 bits per heavy atom. The average molecular weight is 397 g/mol. The van der Waals surface area contributed by atoms with E-state index < -0.39 is 18.4 Å². The van der Waals surface area contributed by atoms with Gasteiger partial charge in [-0.3, -0.25) is 0 Å². The van der Waals surface area contributed by atoms with Crippen molar-refractivity contribution < 1.29 is 19.0 Å². The number of carbonyl (C=O) groups is 1. The molecule has 3 rings (SSSR count). The molecular weight excluding hydrogens is 375 g/mol. The van der Waals surface area contributed by atoms with Crippen LogP contribution in [0.4, 0.5) is 0 Å². The average Bonchev–Trinajstić information content (AvgIpc) is 2.98. The summed E-state index contributed by atoms with van der Waals surface area (Å²) in [6.45, 7) is 0.852. The Morgan fingerprint density at radius 3 is 2.67 bits per heavy atom. The molecule has 2 atom stereocenters. The second-order valence-electron chi connectivity index (χ2n) is 7.15. The molecule has 0 aliphatic carbocycles. The van der Waals surface area contributed by atoms with Gasteiger partial charge in [-0.05, 0) is 0 Å². The number of fused-ring (bicyclic) bond motifs is 1. The van der Waals surface area contributed by atoms with Crippen LogP contribution in [-0.2, 0) is 16.0 Å². The Labute approximate surface area is 129 Å². The topological polar surface area (TPSA) is 44.8 Å². The van der Waals surface area contributed by atoms with Gasteiger partial charge in [0, 0.05) is 0 Å². The van der Waals surface area contributed by atoms with E-state index in [0.29, 0.717) is 19.3 Å². The Balaban J connectivity index is 1.72. The van der Waals surface area contributed by atoms with Gasteiger partial charge in [0.05, 0.1) is 0 Å². The molecule has 0 N–H and O–H groups in total. The van der Waals surface area contributed by atoms with Crippen LogP contribution < -0.4 is 9.47 Å². The fourth-order valence-electron chi connectivity index (χ4n) is 3.09. The van der Waals surface area contributed by atoms with Gasteiger partial charge in [0.25, 0.3) is 0 Å². The van der Waals surface area contributed by atoms with E-state index >= 15 is 0 Å². The van der Waals surface area contributed by atoms with Crippen LogP contribution in [0, 0.1) is 11.8 Å². The minimum atomic E-state index is -2.01. The zero-order chi connectivity index (χ0) is 15.0. The molecule has 0 radical (unpaired) electrons. The summed E-state index contributed by atoms with van der Waals surface area (Å²) < 4.78 is 17.2. The van der Waals surface area contributed by atoms with Crippen molar-refractivity contribution in [3.05, 3.63) is 23.8 Å². The van der Waals surface area contributed by atoms with Crippen LogP contribution in [0.1, 0.15) is 5.56 Å². The van der Waals surface area contributed by atoms with Crippen molar-refractivity contribution in [1.29, 1.82) is 0 Å². The quantitative estimate of drug-likeness (QED) is 0.579. The third-order valence-corrected chi connectivity index (χ3v) is 8.83. The van der Waals surface area contributed by atoms with Crippen molar-refractivity contribution in [3.63, 3.8) is 0 Å². The van der Waals surface area contributed by atoms with E-state index in [1.165, 1.54) is 5.56 Å². The van der Waals surface area contributed by atoms with Gasteiger partial charge in [0.1, 0.15) is 0 Å². The zero-order valence-corrected chi connectivity index (χ0v) is 15.7. The van der Waals surface area contributed by atoms with Crippen molar-refractivity contribution in [2.75, 3.05) is 13.4 Å². The van der Waals surface area contributed by atoms with Crippen LogP contribution in [0.25, 0.3) is 0 Å². The number of cyclic esters (lactones) is 1. The maximum absolute atomic E-state index is 12.0. The molecule has 4 nitrogen and oxygen atoms in total. The van der Waals surface area contributed by atoms with Gasteiger partial charge in [-0.15, -0.1) is 0 Å². The van der Waals surface area contributed by atoms with Gasteiger partial charge in [-0.1, -0.05) is 0 Å². The number of rotatable bonds is 4. The number of hydrogen-bond donors (Lipinski definition) is 0. The molecule has 0 aromatic heterocycles. The molecule has 2 aliphatic rings. The number of hydrogen-bond acceptors (Lipinski definition) is 4. The molecule has 0 spiro atoms. The maximum atomic E-state index is 12.0. The summed E-state index contributed by atoms with van der Waals surface area (Å²) in [6.07, 6.45) is 0.870. The molecule has 1 fully saturated rings. The Morgan fingerprint density at radius 1 is 1.14 bits per heavy atom. The molecule has 0 amide bonds. The molecule has 1 aromatic carbocycles. The molecule has 1 saturated heterocycles. The van der Waals surface area contributed by atoms with Crippen molar-refractivity contribution in [1.82, 2.24) is 0 Å². The van der Waals surface area contributed by atoms with Gasteiger partial charge in [-0.25, -0.2) is 0 Å². The van der Waals surface area contributed by atoms with Gasteiger partial charge in [0.2, 0.25) is 0 Å². The molecular formula is C16H22O4Sn. The van der Waals surface area contributed by atoms with Crippen LogP contribution in [0.15, 0.2) is 18.2 Å². The van der Waals surface area contributed by atoms with Crippen molar-refractivity contribution >= 4 is 24.3 Å². The molecule has 0 bridgehead atoms. The second-order valence-corrected chi connectivity index (χ2v) is 22.9. The van der Waals surface area contributed by atoms with E-state index in [4.69, 9.17) is 14.2 Å². The molecule has 1 aromatic rings. The van der Waals surface area contributed by atoms with Crippen molar-refractivity contribution in [2.24, 2.45) is 11.8 Å². The predicted molar refractivity (Wildman–Crippen MR) is 82.4 cm³/mol. The van der Waals surface area contributed by atoms with E-state index in [0.717, 1.165) is 22.4 Å². The first-order valence-electron chi connectivity index (χ1n) is 7.47. The van der Waals surface area contributed by atoms with Crippen molar-refractivity contribution in [2.45, 2.75) is 25.7 Å². The first-order valence-corrected chi connectivity index (χ1v) is 18.1. The number of benzene rings is 1. The molecule has 0 saturated carbocycles. The summed E-state index contributed by atoms with van der Waals surface area (Å²) in [5.41, 5.74) is 1.19. The number of ether oxygens (including phenoxy) is 3. The van der Waals surface area contributed by atoms with Crippen LogP contribution in [-0.4, -0.2) is 37.7 Å². The van der Waals surface area contributed by atoms with E-state index in [1.807, 2.05) is 12.1 Å². The summed E-state index contributed by atoms with van der Waals surface area (Å²) in [7, 11) is 0. The Bertz CT molecular complexity index is 550. The number of carbonyl (C=O) groups excluding carboxylic acids is 1. The van der Waals surface area contributed by atoms with Crippen molar-refractivity contribution in [3.8, 4) is 11.5 Å². The van der Waals surface area contributed by atoms with Crippen LogP contribution in [0.5, 0.6) is 11.5 Å². The zero-order valence-electron chi connectivity index (χ0n) is 12.8. The predicted octanol–water partition coefficient (Wildman–Crippen LogP) is 3.09. The van der Waals surface area contributed by atoms with E-state index in [-0.39, 0.29) is 11.9 Å². The van der Waals surface area contributed by atoms with Crippen LogP contribution in [0.3, 0.4) is 0 Å². The molecule has 114 valence electrons. The fourth-order valence-corrected chi connectivity index (χ4v) is 8.28. The summed E-state index contributed by atoms with van der Waals surface area (Å²) in [6, 6.07) is 6.05. The minimum absolute atomic E-state index is 0.00682. The summed E-state index contributed by atoms with van der Waals surface area (Å²) in [4.78, 5) is 19.1. The van der Waals surface area contributed by atoms with Gasteiger partial charge in [0.15, 0.2) is 0 Å². The van der Waals surface area contributed by atoms with E-state index in [2.05, 4.69) is 20.9 Å². The Hall–Kier alpha value is -0.911. The molecule has 21 heavy (non-hydrogen) atoms. The fraction of sp³-hybridized carbons (Fsp3) is 0.562. The second kappa shape index (κ2) is 5.70. The molecule has 2 heterocycles. The first-order chi connectivity index (χ1) is 9.92.